The van der Waals surface area contributed by atoms with E-state index in [2.05, 4.69) is 25.6 Å². The van der Waals surface area contributed by atoms with Gasteiger partial charge in [0.05, 0.1) is 17.8 Å². The van der Waals surface area contributed by atoms with E-state index in [1.807, 2.05) is 104 Å². The summed E-state index contributed by atoms with van der Waals surface area (Å²) in [6, 6.07) is 38.1. The van der Waals surface area contributed by atoms with E-state index in [9.17, 15) is 33.3 Å². The average molecular weight is 1230 g/mol. The Morgan fingerprint density at radius 1 is 0.584 bits per heavy atom. The molecule has 2 atom stereocenters. The highest BCUT2D eigenvalue weighted by Gasteiger charge is 2.39. The first-order chi connectivity index (χ1) is 42.2. The molecule has 8 aromatic rings. The summed E-state index contributed by atoms with van der Waals surface area (Å²) in [6.45, 7) is 18.7. The van der Waals surface area contributed by atoms with Crippen molar-refractivity contribution in [3.05, 3.63) is 191 Å². The fraction of sp³-hybridized carbons (Fsp3) is 0.303. The van der Waals surface area contributed by atoms with Gasteiger partial charge < -0.3 is 30.9 Å². The number of anilines is 2. The second-order valence-electron chi connectivity index (χ2n) is 23.5. The Balaban J connectivity index is 0.000000185. The Hall–Kier alpha value is -9.63. The molecule has 0 spiro atoms. The van der Waals surface area contributed by atoms with Crippen molar-refractivity contribution in [3.8, 4) is 22.5 Å². The summed E-state index contributed by atoms with van der Waals surface area (Å²) in [5.74, 6) is 12.4. The second-order valence-corrected chi connectivity index (χ2v) is 25.8. The Morgan fingerprint density at radius 2 is 1.02 bits per heavy atom. The number of nitrogen functional groups attached to an aromatic ring is 1. The number of carbonyl (C=O) groups excluding carboxylic acids is 6. The van der Waals surface area contributed by atoms with Crippen molar-refractivity contribution < 1.29 is 47.4 Å². The van der Waals surface area contributed by atoms with E-state index < -0.39 is 36.8 Å². The van der Waals surface area contributed by atoms with Crippen molar-refractivity contribution in [1.82, 2.24) is 39.4 Å². The number of hydrogen-bond donors (Lipinski definition) is 5. The number of ether oxygens (including phenoxy) is 2. The fourth-order valence-corrected chi connectivity index (χ4v) is 11.6. The van der Waals surface area contributed by atoms with E-state index in [4.69, 9.17) is 35.8 Å². The number of likely N-dealkylation sites (tertiary alicyclic amines) is 2. The highest BCUT2D eigenvalue weighted by molar-refractivity contribution is 7.74. The molecule has 4 aromatic carbocycles. The molecule has 0 bridgehead atoms. The average Bonchev–Trinajstić information content (AvgIpc) is 2.04. The zero-order valence-electron chi connectivity index (χ0n) is 51.6. The molecule has 7 N–H and O–H groups in total. The molecule has 2 saturated heterocycles. The Labute approximate surface area is 517 Å². The van der Waals surface area contributed by atoms with Gasteiger partial charge in [-0.15, -0.1) is 0 Å². The minimum absolute atomic E-state index is 0.169. The van der Waals surface area contributed by atoms with Crippen LogP contribution < -0.4 is 33.0 Å². The molecule has 0 saturated carbocycles. The first-order valence-electron chi connectivity index (χ1n) is 29.0. The number of imidazole rings is 2. The third-order valence-corrected chi connectivity index (χ3v) is 16.5. The van der Waals surface area contributed by atoms with Crippen LogP contribution in [-0.2, 0) is 18.7 Å². The number of Topliss-reactive ketones (excluding diaryl/α,β-unsaturated/α-hetero) is 2. The molecule has 464 valence electrons. The Bertz CT molecular complexity index is 3820. The van der Waals surface area contributed by atoms with Gasteiger partial charge in [0.2, 0.25) is 0 Å². The number of hydrogen-bond acceptors (Lipinski definition) is 16. The molecule has 0 aliphatic carbocycles. The van der Waals surface area contributed by atoms with Gasteiger partial charge in [-0.2, -0.15) is 0 Å². The van der Waals surface area contributed by atoms with Crippen LogP contribution in [0.2, 0.25) is 0 Å². The Morgan fingerprint density at radius 3 is 1.43 bits per heavy atom. The van der Waals surface area contributed by atoms with Crippen LogP contribution in [0.25, 0.3) is 22.5 Å². The zero-order valence-corrected chi connectivity index (χ0v) is 52.5. The van der Waals surface area contributed by atoms with Gasteiger partial charge in [0, 0.05) is 72.2 Å². The maximum Gasteiger partial charge on any atom is 0.410 e. The lowest BCUT2D eigenvalue weighted by molar-refractivity contribution is 0.0207. The van der Waals surface area contributed by atoms with Crippen LogP contribution in [0, 0.1) is 13.8 Å². The van der Waals surface area contributed by atoms with Gasteiger partial charge >= 0.3 is 12.2 Å². The first-order valence-corrected chi connectivity index (χ1v) is 30.6. The molecule has 2 aliphatic heterocycles. The minimum atomic E-state index is -3.13. The molecule has 4 aromatic heterocycles. The maximum absolute atomic E-state index is 12.8. The quantitative estimate of drug-likeness (QED) is 0.0310. The van der Waals surface area contributed by atoms with E-state index in [1.54, 1.807) is 107 Å². The van der Waals surface area contributed by atoms with E-state index in [1.165, 1.54) is 18.5 Å². The molecular formula is C66H75N12O10P. The van der Waals surface area contributed by atoms with E-state index in [0.29, 0.717) is 92.7 Å². The van der Waals surface area contributed by atoms with Crippen LogP contribution in [0.1, 0.15) is 158 Å². The number of nitrogens with two attached hydrogens (primary N) is 2. The number of aryl methyl sites for hydroxylation is 2. The van der Waals surface area contributed by atoms with Gasteiger partial charge in [0.1, 0.15) is 45.7 Å². The molecule has 2 fully saturated rings. The predicted octanol–water partition coefficient (Wildman–Crippen LogP) is 11.6. The third-order valence-electron chi connectivity index (χ3n) is 14.2. The van der Waals surface area contributed by atoms with Crippen molar-refractivity contribution in [3.63, 3.8) is 0 Å². The molecule has 89 heavy (non-hydrogen) atoms. The van der Waals surface area contributed by atoms with Crippen LogP contribution in [0.3, 0.4) is 0 Å². The third kappa shape index (κ3) is 16.3. The number of aromatic nitrogens is 6. The monoisotopic (exact) mass is 1230 g/mol. The summed E-state index contributed by atoms with van der Waals surface area (Å²) in [6.07, 6.45) is 5.47. The number of benzene rings is 4. The molecule has 0 radical (unpaired) electrons. The molecule has 4 amide bonds. The van der Waals surface area contributed by atoms with Crippen LogP contribution in [0.5, 0.6) is 0 Å². The minimum Gasteiger partial charge on any atom is -0.444 e. The van der Waals surface area contributed by atoms with Gasteiger partial charge in [-0.1, -0.05) is 72.8 Å². The molecule has 23 heteroatoms. The number of amides is 4. The highest BCUT2D eigenvalue weighted by atomic mass is 31.2. The lowest BCUT2D eigenvalue weighted by atomic mass is 10.1. The number of nitrogens with zero attached hydrogens (tertiary/aromatic N) is 7. The highest BCUT2D eigenvalue weighted by Crippen LogP contribution is 2.42. The molecular weight excluding hydrogens is 1150 g/mol. The van der Waals surface area contributed by atoms with Gasteiger partial charge in [-0.3, -0.25) is 33.5 Å². The number of carbonyl (C=O) groups is 6. The summed E-state index contributed by atoms with van der Waals surface area (Å²) in [5.41, 5.74) is 4.43. The fourth-order valence-electron chi connectivity index (χ4n) is 9.94. The van der Waals surface area contributed by atoms with Crippen molar-refractivity contribution >= 4 is 65.2 Å². The first kappa shape index (κ1) is 65.3. The lowest BCUT2D eigenvalue weighted by Gasteiger charge is -2.28. The maximum atomic E-state index is 12.8. The lowest BCUT2D eigenvalue weighted by Crippen LogP contribution is -2.37. The van der Waals surface area contributed by atoms with Crippen LogP contribution >= 0.6 is 7.37 Å². The summed E-state index contributed by atoms with van der Waals surface area (Å²) < 4.78 is 29.8. The van der Waals surface area contributed by atoms with Gasteiger partial charge in [-0.05, 0) is 153 Å². The standard InChI is InChI=1S/C27H32N6O4.C27H31N5O4.C12H12NO2P/c1-16-8-13-21(29-15-16)30-25(35)19-11-9-18(10-12-19)22-23(17(2)34)33(28)24(31-22)20-7-6-14-32(20)26(36)37-27(3,4)5;1-16-8-13-21(28-15-16)29-25(34)19-11-9-18(10-12-19)23-22(17(2)33)30-24(31-23)20-7-6-14-32(20)26(35)36-27(3,4)5;13-15-16(14,11-7-3-1-4-8-11)12-9-5-2-6-10-12/h8-13,15,20H,6-7,14,28H2,1-5H3,(H,29,30,35);8-13,15,20H,6-7,14H2,1-5H3,(H,30,31)(H,28,29,34);1-10H,13H2/t2*20-;/m00./s1. The number of pyridine rings is 2. The largest absolute Gasteiger partial charge is 0.444 e. The smallest absolute Gasteiger partial charge is 0.410 e. The number of H-pyrrole nitrogens is 1. The number of ketones is 2. The predicted molar refractivity (Wildman–Crippen MR) is 341 cm³/mol. The topological polar surface area (TPSA) is 302 Å². The van der Waals surface area contributed by atoms with Gasteiger partial charge in [0.25, 0.3) is 19.2 Å². The number of aromatic amines is 1. The van der Waals surface area contributed by atoms with E-state index in [0.717, 1.165) is 30.4 Å². The van der Waals surface area contributed by atoms with Gasteiger partial charge in [-0.25, -0.2) is 44.7 Å². The van der Waals surface area contributed by atoms with E-state index in [-0.39, 0.29) is 35.1 Å². The Kier molecular flexibility index (Phi) is 20.6. The van der Waals surface area contributed by atoms with E-state index >= 15 is 0 Å². The van der Waals surface area contributed by atoms with Crippen LogP contribution in [0.15, 0.2) is 146 Å². The number of rotatable bonds is 13. The SMILES string of the molecule is CC(=O)c1[nH]c([C@@H]2CCCN2C(=O)OC(C)(C)C)nc1-c1ccc(C(=O)Nc2ccc(C)cn2)cc1.CC(=O)c1c(-c2ccc(C(=O)Nc3ccc(C)cn3)cc2)nc([C@@H]2CCCN2C(=O)OC(C)(C)C)n1N.NOP(=O)(c1ccccc1)c1ccccc1. The summed E-state index contributed by atoms with van der Waals surface area (Å²) in [7, 11) is -3.13. The summed E-state index contributed by atoms with van der Waals surface area (Å²) in [4.78, 5) is 100. The molecule has 10 rings (SSSR count). The van der Waals surface area contributed by atoms with Crippen LogP contribution in [-0.4, -0.2) is 99.3 Å². The van der Waals surface area contributed by atoms with Crippen molar-refractivity contribution in [2.45, 2.75) is 118 Å². The van der Waals surface area contributed by atoms with Crippen molar-refractivity contribution in [1.29, 1.82) is 0 Å². The number of nitrogens with one attached hydrogen (secondary N) is 3. The molecule has 0 unspecified atom stereocenters. The zero-order chi connectivity index (χ0) is 64.4. The van der Waals surface area contributed by atoms with Crippen molar-refractivity contribution in [2.24, 2.45) is 5.90 Å². The molecule has 6 heterocycles. The van der Waals surface area contributed by atoms with Crippen LogP contribution in [0.4, 0.5) is 21.2 Å². The molecule has 22 nitrogen and oxygen atoms in total. The van der Waals surface area contributed by atoms with Crippen molar-refractivity contribution in [2.75, 3.05) is 29.6 Å². The van der Waals surface area contributed by atoms with Gasteiger partial charge in [0.15, 0.2) is 17.4 Å². The normalized spacial score (nSPS) is 14.8. The molecule has 2 aliphatic rings. The second kappa shape index (κ2) is 28.0. The summed E-state index contributed by atoms with van der Waals surface area (Å²) >= 11 is 0. The summed E-state index contributed by atoms with van der Waals surface area (Å²) in [5, 5.41) is 6.74.